The first kappa shape index (κ1) is 21.7. The standard InChI is InChI=1S/C19H18BrFN2O5S/c20-15-2-5-17(6-3-15)29(26,27)23-9-14(19(25,11-23)12-24)10-28-16-4-1-13(8-22)18(21)7-16/h1-7,14,24-25H,9-12H2/t14-,19-/m1/s1. The molecule has 0 bridgehead atoms. The maximum atomic E-state index is 13.7. The zero-order chi connectivity index (χ0) is 21.2. The van der Waals surface area contributed by atoms with Crippen molar-refractivity contribution in [1.82, 2.24) is 4.31 Å². The number of hydrogen-bond acceptors (Lipinski definition) is 6. The zero-order valence-corrected chi connectivity index (χ0v) is 17.5. The highest BCUT2D eigenvalue weighted by molar-refractivity contribution is 9.10. The first-order chi connectivity index (χ1) is 13.7. The Morgan fingerprint density at radius 1 is 1.31 bits per heavy atom. The van der Waals surface area contributed by atoms with E-state index in [9.17, 15) is 23.0 Å². The molecule has 2 N–H and O–H groups in total. The van der Waals surface area contributed by atoms with E-state index in [1.54, 1.807) is 18.2 Å². The molecular weight excluding hydrogens is 467 g/mol. The smallest absolute Gasteiger partial charge is 0.243 e. The van der Waals surface area contributed by atoms with Crippen LogP contribution in [0.4, 0.5) is 4.39 Å². The molecule has 1 aliphatic heterocycles. The van der Waals surface area contributed by atoms with Gasteiger partial charge in [0.05, 0.1) is 23.7 Å². The Morgan fingerprint density at radius 2 is 2.00 bits per heavy atom. The van der Waals surface area contributed by atoms with E-state index in [0.29, 0.717) is 0 Å². The maximum Gasteiger partial charge on any atom is 0.243 e. The van der Waals surface area contributed by atoms with E-state index in [1.165, 1.54) is 24.3 Å². The van der Waals surface area contributed by atoms with Gasteiger partial charge in [-0.3, -0.25) is 0 Å². The van der Waals surface area contributed by atoms with Crippen molar-refractivity contribution >= 4 is 26.0 Å². The second-order valence-electron chi connectivity index (χ2n) is 6.77. The number of benzene rings is 2. The lowest BCUT2D eigenvalue weighted by Gasteiger charge is -2.26. The average molecular weight is 485 g/mol. The highest BCUT2D eigenvalue weighted by atomic mass is 79.9. The lowest BCUT2D eigenvalue weighted by Crippen LogP contribution is -2.44. The molecule has 1 heterocycles. The van der Waals surface area contributed by atoms with E-state index in [-0.39, 0.29) is 35.9 Å². The van der Waals surface area contributed by atoms with Crippen molar-refractivity contribution < 1.29 is 27.8 Å². The van der Waals surface area contributed by atoms with Gasteiger partial charge in [0.2, 0.25) is 10.0 Å². The summed E-state index contributed by atoms with van der Waals surface area (Å²) in [5.41, 5.74) is -1.83. The van der Waals surface area contributed by atoms with Gasteiger partial charge in [0, 0.05) is 29.5 Å². The van der Waals surface area contributed by atoms with Crippen LogP contribution in [0.25, 0.3) is 0 Å². The van der Waals surface area contributed by atoms with Crippen LogP contribution in [-0.2, 0) is 10.0 Å². The number of halogens is 2. The number of rotatable bonds is 6. The third-order valence-electron chi connectivity index (χ3n) is 4.87. The summed E-state index contributed by atoms with van der Waals surface area (Å²) in [5, 5.41) is 29.2. The summed E-state index contributed by atoms with van der Waals surface area (Å²) in [6.07, 6.45) is 0. The van der Waals surface area contributed by atoms with E-state index < -0.39 is 34.0 Å². The molecule has 29 heavy (non-hydrogen) atoms. The van der Waals surface area contributed by atoms with Crippen LogP contribution in [0, 0.1) is 23.1 Å². The number of nitriles is 1. The zero-order valence-electron chi connectivity index (χ0n) is 15.1. The van der Waals surface area contributed by atoms with Crippen LogP contribution in [0.15, 0.2) is 51.8 Å². The third-order valence-corrected chi connectivity index (χ3v) is 7.23. The lowest BCUT2D eigenvalue weighted by molar-refractivity contribution is -0.0452. The number of hydrogen-bond donors (Lipinski definition) is 2. The highest BCUT2D eigenvalue weighted by Gasteiger charge is 2.49. The van der Waals surface area contributed by atoms with Gasteiger partial charge >= 0.3 is 0 Å². The molecule has 0 unspecified atom stereocenters. The van der Waals surface area contributed by atoms with Crippen LogP contribution in [-0.4, -0.2) is 54.8 Å². The fourth-order valence-electron chi connectivity index (χ4n) is 3.11. The topological polar surface area (TPSA) is 111 Å². The van der Waals surface area contributed by atoms with Crippen molar-refractivity contribution in [1.29, 1.82) is 5.26 Å². The molecule has 2 atom stereocenters. The first-order valence-corrected chi connectivity index (χ1v) is 10.8. The fourth-order valence-corrected chi connectivity index (χ4v) is 4.93. The second kappa shape index (κ2) is 8.38. The molecule has 0 aromatic heterocycles. The van der Waals surface area contributed by atoms with E-state index in [2.05, 4.69) is 15.9 Å². The molecule has 1 saturated heterocycles. The molecule has 0 amide bonds. The Balaban J connectivity index is 1.77. The predicted octanol–water partition coefficient (Wildman–Crippen LogP) is 1.88. The SMILES string of the molecule is N#Cc1ccc(OC[C@H]2CN(S(=O)(=O)c3ccc(Br)cc3)C[C@@]2(O)CO)cc1F. The van der Waals surface area contributed by atoms with Crippen LogP contribution in [0.5, 0.6) is 5.75 Å². The summed E-state index contributed by atoms with van der Waals surface area (Å²) in [5.74, 6) is -1.35. The Morgan fingerprint density at radius 3 is 2.59 bits per heavy atom. The van der Waals surface area contributed by atoms with Gasteiger partial charge in [-0.25, -0.2) is 12.8 Å². The summed E-state index contributed by atoms with van der Waals surface area (Å²) < 4.78 is 46.8. The molecule has 1 fully saturated rings. The predicted molar refractivity (Wildman–Crippen MR) is 105 cm³/mol. The minimum atomic E-state index is -3.88. The van der Waals surface area contributed by atoms with Crippen molar-refractivity contribution in [3.8, 4) is 11.8 Å². The molecular formula is C19H18BrFN2O5S. The molecule has 0 radical (unpaired) electrons. The van der Waals surface area contributed by atoms with Crippen LogP contribution >= 0.6 is 15.9 Å². The molecule has 1 aliphatic rings. The molecule has 3 rings (SSSR count). The van der Waals surface area contributed by atoms with Crippen LogP contribution in [0.1, 0.15) is 5.56 Å². The van der Waals surface area contributed by atoms with Gasteiger partial charge in [-0.2, -0.15) is 9.57 Å². The van der Waals surface area contributed by atoms with Gasteiger partial charge in [-0.1, -0.05) is 15.9 Å². The normalized spacial score (nSPS) is 22.4. The van der Waals surface area contributed by atoms with Crippen molar-refractivity contribution in [3.05, 3.63) is 58.3 Å². The summed E-state index contributed by atoms with van der Waals surface area (Å²) in [4.78, 5) is 0.0664. The van der Waals surface area contributed by atoms with Crippen LogP contribution in [0.3, 0.4) is 0 Å². The molecule has 2 aromatic carbocycles. The largest absolute Gasteiger partial charge is 0.493 e. The third kappa shape index (κ3) is 4.44. The number of aliphatic hydroxyl groups is 2. The summed E-state index contributed by atoms with van der Waals surface area (Å²) in [7, 11) is -3.88. The van der Waals surface area contributed by atoms with Gasteiger partial charge in [-0.15, -0.1) is 0 Å². The van der Waals surface area contributed by atoms with E-state index >= 15 is 0 Å². The number of sulfonamides is 1. The number of β-amino-alcohol motifs (C(OH)–C–C–N with tert-alkyl or cyclic N) is 1. The van der Waals surface area contributed by atoms with E-state index in [0.717, 1.165) is 14.8 Å². The Bertz CT molecular complexity index is 1040. The van der Waals surface area contributed by atoms with E-state index in [1.807, 2.05) is 0 Å². The molecule has 154 valence electrons. The summed E-state index contributed by atoms with van der Waals surface area (Å²) in [6, 6.07) is 11.5. The average Bonchev–Trinajstić information content (AvgIpc) is 3.05. The summed E-state index contributed by atoms with van der Waals surface area (Å²) >= 11 is 3.25. The van der Waals surface area contributed by atoms with E-state index in [4.69, 9.17) is 10.00 Å². The van der Waals surface area contributed by atoms with Gasteiger partial charge in [0.1, 0.15) is 23.2 Å². The Labute approximate surface area is 176 Å². The number of aliphatic hydroxyl groups excluding tert-OH is 1. The van der Waals surface area contributed by atoms with Crippen molar-refractivity contribution in [2.75, 3.05) is 26.3 Å². The monoisotopic (exact) mass is 484 g/mol. The molecule has 0 saturated carbocycles. The molecule has 2 aromatic rings. The molecule has 10 heteroatoms. The number of ether oxygens (including phenoxy) is 1. The minimum absolute atomic E-state index is 0.0664. The Hall–Kier alpha value is -2.03. The quantitative estimate of drug-likeness (QED) is 0.647. The molecule has 0 spiro atoms. The number of nitrogens with zero attached hydrogens (tertiary/aromatic N) is 2. The molecule has 7 nitrogen and oxygen atoms in total. The van der Waals surface area contributed by atoms with Gasteiger partial charge < -0.3 is 14.9 Å². The van der Waals surface area contributed by atoms with Gasteiger partial charge in [0.25, 0.3) is 0 Å². The molecule has 0 aliphatic carbocycles. The Kier molecular flexibility index (Phi) is 6.26. The highest BCUT2D eigenvalue weighted by Crippen LogP contribution is 2.33. The minimum Gasteiger partial charge on any atom is -0.493 e. The van der Waals surface area contributed by atoms with Gasteiger partial charge in [0.15, 0.2) is 0 Å². The van der Waals surface area contributed by atoms with Crippen molar-refractivity contribution in [2.45, 2.75) is 10.5 Å². The summed E-state index contributed by atoms with van der Waals surface area (Å²) in [6.45, 7) is -1.17. The van der Waals surface area contributed by atoms with Gasteiger partial charge in [-0.05, 0) is 36.4 Å². The lowest BCUT2D eigenvalue weighted by atomic mass is 9.92. The maximum absolute atomic E-state index is 13.7. The van der Waals surface area contributed by atoms with Crippen molar-refractivity contribution in [2.24, 2.45) is 5.92 Å². The van der Waals surface area contributed by atoms with Crippen molar-refractivity contribution in [3.63, 3.8) is 0 Å². The fraction of sp³-hybridized carbons (Fsp3) is 0.316. The van der Waals surface area contributed by atoms with Crippen LogP contribution < -0.4 is 4.74 Å². The first-order valence-electron chi connectivity index (χ1n) is 8.61. The second-order valence-corrected chi connectivity index (χ2v) is 9.63. The van der Waals surface area contributed by atoms with Crippen LogP contribution in [0.2, 0.25) is 0 Å².